The average molecular weight is 332 g/mol. The Morgan fingerprint density at radius 3 is 2.38 bits per heavy atom. The van der Waals surface area contributed by atoms with Crippen molar-refractivity contribution in [1.82, 2.24) is 10.2 Å². The lowest BCUT2D eigenvalue weighted by molar-refractivity contribution is -0.130. The van der Waals surface area contributed by atoms with Crippen LogP contribution in [0.25, 0.3) is 0 Å². The number of hydrogen-bond donors (Lipinski definition) is 1. The van der Waals surface area contributed by atoms with E-state index in [4.69, 9.17) is 4.74 Å². The topological polar surface area (TPSA) is 58.6 Å². The first-order chi connectivity index (χ1) is 11.7. The lowest BCUT2D eigenvalue weighted by Gasteiger charge is -2.20. The zero-order chi connectivity index (χ0) is 17.2. The van der Waals surface area contributed by atoms with Crippen LogP contribution in [0.15, 0.2) is 24.3 Å². The van der Waals surface area contributed by atoms with Crippen molar-refractivity contribution < 1.29 is 14.3 Å². The number of likely N-dealkylation sites (tertiary alicyclic amines) is 1. The summed E-state index contributed by atoms with van der Waals surface area (Å²) in [6.07, 6.45) is 6.58. The van der Waals surface area contributed by atoms with E-state index in [2.05, 4.69) is 12.2 Å². The first-order valence-electron chi connectivity index (χ1n) is 8.99. The molecule has 1 fully saturated rings. The summed E-state index contributed by atoms with van der Waals surface area (Å²) < 4.78 is 5.58. The molecule has 0 aromatic heterocycles. The fourth-order valence-corrected chi connectivity index (χ4v) is 2.73. The number of hydrogen-bond acceptors (Lipinski definition) is 3. The second kappa shape index (κ2) is 9.96. The molecule has 1 aromatic carbocycles. The fourth-order valence-electron chi connectivity index (χ4n) is 2.73. The maximum Gasteiger partial charge on any atom is 0.251 e. The third-order valence-electron chi connectivity index (χ3n) is 4.24. The summed E-state index contributed by atoms with van der Waals surface area (Å²) in [5.41, 5.74) is 0.543. The largest absolute Gasteiger partial charge is 0.494 e. The highest BCUT2D eigenvalue weighted by atomic mass is 16.5. The molecular weight excluding hydrogens is 304 g/mol. The number of carbonyl (C=O) groups excluding carboxylic acids is 2. The van der Waals surface area contributed by atoms with Crippen molar-refractivity contribution in [3.8, 4) is 5.75 Å². The smallest absolute Gasteiger partial charge is 0.251 e. The van der Waals surface area contributed by atoms with Gasteiger partial charge >= 0.3 is 0 Å². The van der Waals surface area contributed by atoms with E-state index in [1.807, 2.05) is 4.90 Å². The molecule has 2 amide bonds. The minimum absolute atomic E-state index is 0.00442. The van der Waals surface area contributed by atoms with Crippen molar-refractivity contribution in [2.45, 2.75) is 45.4 Å². The number of nitrogens with zero attached hydrogens (tertiary/aromatic N) is 1. The summed E-state index contributed by atoms with van der Waals surface area (Å²) in [5, 5.41) is 2.72. The minimum Gasteiger partial charge on any atom is -0.494 e. The lowest BCUT2D eigenvalue weighted by atomic mass is 10.2. The predicted molar refractivity (Wildman–Crippen MR) is 94.2 cm³/mol. The normalized spacial score (nSPS) is 14.8. The van der Waals surface area contributed by atoms with Crippen molar-refractivity contribution in [3.63, 3.8) is 0 Å². The first kappa shape index (κ1) is 18.3. The molecule has 0 atom stereocenters. The number of ether oxygens (including phenoxy) is 1. The average Bonchev–Trinajstić information content (AvgIpc) is 2.89. The molecule has 1 N–H and O–H groups in total. The lowest BCUT2D eigenvalue weighted by Crippen LogP contribution is -2.40. The van der Waals surface area contributed by atoms with Crippen molar-refractivity contribution in [3.05, 3.63) is 29.8 Å². The van der Waals surface area contributed by atoms with Gasteiger partial charge in [0.15, 0.2) is 0 Å². The Balaban J connectivity index is 1.78. The SMILES string of the molecule is CCCCOc1ccc(C(=O)NCC(=O)N2CCCCCC2)cc1. The van der Waals surface area contributed by atoms with Crippen molar-refractivity contribution in [2.24, 2.45) is 0 Å². The highest BCUT2D eigenvalue weighted by Crippen LogP contribution is 2.13. The van der Waals surface area contributed by atoms with Gasteiger partial charge in [0.1, 0.15) is 5.75 Å². The van der Waals surface area contributed by atoms with Crippen LogP contribution in [-0.4, -0.2) is 43.0 Å². The monoisotopic (exact) mass is 332 g/mol. The van der Waals surface area contributed by atoms with Gasteiger partial charge in [-0.2, -0.15) is 0 Å². The van der Waals surface area contributed by atoms with Crippen LogP contribution in [0.4, 0.5) is 0 Å². The fraction of sp³-hybridized carbons (Fsp3) is 0.579. The molecule has 132 valence electrons. The summed E-state index contributed by atoms with van der Waals surface area (Å²) in [4.78, 5) is 26.2. The molecule has 0 radical (unpaired) electrons. The molecule has 1 aliphatic heterocycles. The Labute approximate surface area is 144 Å². The standard InChI is InChI=1S/C19H28N2O3/c1-2-3-14-24-17-10-8-16(9-11-17)19(23)20-15-18(22)21-12-6-4-5-7-13-21/h8-11H,2-7,12-15H2,1H3,(H,20,23). The summed E-state index contributed by atoms with van der Waals surface area (Å²) in [7, 11) is 0. The van der Waals surface area contributed by atoms with E-state index in [0.29, 0.717) is 12.2 Å². The Morgan fingerprint density at radius 1 is 1.08 bits per heavy atom. The predicted octanol–water partition coefficient (Wildman–Crippen LogP) is 3.00. The number of amides is 2. The van der Waals surface area contributed by atoms with Crippen LogP contribution in [-0.2, 0) is 4.79 Å². The first-order valence-corrected chi connectivity index (χ1v) is 8.99. The molecule has 1 saturated heterocycles. The van der Waals surface area contributed by atoms with Gasteiger partial charge in [-0.15, -0.1) is 0 Å². The molecule has 1 heterocycles. The van der Waals surface area contributed by atoms with Crippen molar-refractivity contribution >= 4 is 11.8 Å². The van der Waals surface area contributed by atoms with Gasteiger partial charge in [0, 0.05) is 18.7 Å². The van der Waals surface area contributed by atoms with Crippen LogP contribution in [0, 0.1) is 0 Å². The Hall–Kier alpha value is -2.04. The number of unbranched alkanes of at least 4 members (excludes halogenated alkanes) is 1. The van der Waals surface area contributed by atoms with Gasteiger partial charge in [0.2, 0.25) is 5.91 Å². The molecule has 24 heavy (non-hydrogen) atoms. The molecule has 0 aliphatic carbocycles. The molecular formula is C19H28N2O3. The zero-order valence-electron chi connectivity index (χ0n) is 14.6. The van der Waals surface area contributed by atoms with Gasteiger partial charge in [0.05, 0.1) is 13.2 Å². The van der Waals surface area contributed by atoms with Crippen LogP contribution >= 0.6 is 0 Å². The second-order valence-electron chi connectivity index (χ2n) is 6.20. The quantitative estimate of drug-likeness (QED) is 0.781. The summed E-state index contributed by atoms with van der Waals surface area (Å²) in [6.45, 7) is 4.47. The van der Waals surface area contributed by atoms with Crippen molar-refractivity contribution in [2.75, 3.05) is 26.2 Å². The van der Waals surface area contributed by atoms with Crippen molar-refractivity contribution in [1.29, 1.82) is 0 Å². The minimum atomic E-state index is -0.224. The maximum absolute atomic E-state index is 12.2. The number of nitrogens with one attached hydrogen (secondary N) is 1. The maximum atomic E-state index is 12.2. The molecule has 0 saturated carbocycles. The molecule has 1 aliphatic rings. The van der Waals surface area contributed by atoms with E-state index >= 15 is 0 Å². The van der Waals surface area contributed by atoms with Crippen LogP contribution in [0.2, 0.25) is 0 Å². The van der Waals surface area contributed by atoms with Gasteiger partial charge in [-0.05, 0) is 43.5 Å². The van der Waals surface area contributed by atoms with E-state index in [1.54, 1.807) is 24.3 Å². The Kier molecular flexibility index (Phi) is 7.59. The third-order valence-corrected chi connectivity index (χ3v) is 4.24. The molecule has 0 bridgehead atoms. The molecule has 0 spiro atoms. The van der Waals surface area contributed by atoms with E-state index in [0.717, 1.165) is 44.5 Å². The second-order valence-corrected chi connectivity index (χ2v) is 6.20. The van der Waals surface area contributed by atoms with Gasteiger partial charge in [0.25, 0.3) is 5.91 Å². The van der Waals surface area contributed by atoms with Crippen LogP contribution < -0.4 is 10.1 Å². The number of rotatable bonds is 7. The number of benzene rings is 1. The highest BCUT2D eigenvalue weighted by Gasteiger charge is 2.16. The van der Waals surface area contributed by atoms with E-state index in [9.17, 15) is 9.59 Å². The van der Waals surface area contributed by atoms with Crippen LogP contribution in [0.3, 0.4) is 0 Å². The molecule has 5 heteroatoms. The Morgan fingerprint density at radius 2 is 1.75 bits per heavy atom. The Bertz CT molecular complexity index is 520. The van der Waals surface area contributed by atoms with E-state index in [1.165, 1.54) is 12.8 Å². The molecule has 2 rings (SSSR count). The highest BCUT2D eigenvalue weighted by molar-refractivity contribution is 5.96. The zero-order valence-corrected chi connectivity index (χ0v) is 14.6. The number of carbonyl (C=O) groups is 2. The van der Waals surface area contributed by atoms with Gasteiger partial charge in [-0.3, -0.25) is 9.59 Å². The van der Waals surface area contributed by atoms with E-state index < -0.39 is 0 Å². The van der Waals surface area contributed by atoms with Gasteiger partial charge in [-0.25, -0.2) is 0 Å². The van der Waals surface area contributed by atoms with E-state index in [-0.39, 0.29) is 18.4 Å². The van der Waals surface area contributed by atoms with Crippen LogP contribution in [0.1, 0.15) is 55.8 Å². The summed E-state index contributed by atoms with van der Waals surface area (Å²) >= 11 is 0. The summed E-state index contributed by atoms with van der Waals surface area (Å²) in [5.74, 6) is 0.545. The van der Waals surface area contributed by atoms with Crippen LogP contribution in [0.5, 0.6) is 5.75 Å². The van der Waals surface area contributed by atoms with Gasteiger partial charge < -0.3 is 15.0 Å². The molecule has 0 unspecified atom stereocenters. The molecule has 1 aromatic rings. The van der Waals surface area contributed by atoms with Gasteiger partial charge in [-0.1, -0.05) is 26.2 Å². The third kappa shape index (κ3) is 5.87. The summed E-state index contributed by atoms with van der Waals surface area (Å²) in [6, 6.07) is 7.04. The molecule has 5 nitrogen and oxygen atoms in total.